The lowest BCUT2D eigenvalue weighted by Crippen LogP contribution is -2.19. The molecule has 0 atom stereocenters. The Morgan fingerprint density at radius 2 is 2.08 bits per heavy atom. The normalized spacial score (nSPS) is 11.7. The first kappa shape index (κ1) is 16.1. The number of para-hydroxylation sites is 1. The highest BCUT2D eigenvalue weighted by atomic mass is 16.3. The van der Waals surface area contributed by atoms with Crippen LogP contribution in [0.15, 0.2) is 45.9 Å². The predicted molar refractivity (Wildman–Crippen MR) is 95.5 cm³/mol. The Bertz CT molecular complexity index is 887. The van der Waals surface area contributed by atoms with E-state index in [1.807, 2.05) is 43.3 Å². The van der Waals surface area contributed by atoms with Crippen molar-refractivity contribution in [1.82, 2.24) is 10.4 Å². The average molecular weight is 323 g/mol. The summed E-state index contributed by atoms with van der Waals surface area (Å²) < 4.78 is 5.52. The molecule has 0 spiro atoms. The number of fused-ring (bicyclic) bond motifs is 1. The van der Waals surface area contributed by atoms with E-state index >= 15 is 0 Å². The molecule has 5 nitrogen and oxygen atoms in total. The molecule has 0 bridgehead atoms. The third-order valence-corrected chi connectivity index (χ3v) is 3.94. The number of nitrogens with zero attached hydrogens (tertiary/aromatic N) is 1. The van der Waals surface area contributed by atoms with Crippen molar-refractivity contribution in [2.45, 2.75) is 33.1 Å². The average Bonchev–Trinajstić information content (AvgIpc) is 3.18. The van der Waals surface area contributed by atoms with Crippen molar-refractivity contribution in [3.63, 3.8) is 0 Å². The van der Waals surface area contributed by atoms with Gasteiger partial charge in [-0.1, -0.05) is 39.0 Å². The van der Waals surface area contributed by atoms with E-state index in [9.17, 15) is 4.79 Å². The van der Waals surface area contributed by atoms with Gasteiger partial charge in [0.05, 0.1) is 6.21 Å². The molecule has 2 N–H and O–H groups in total. The molecule has 0 saturated carbocycles. The summed E-state index contributed by atoms with van der Waals surface area (Å²) in [4.78, 5) is 15.7. The Labute approximate surface area is 140 Å². The van der Waals surface area contributed by atoms with Gasteiger partial charge in [-0.25, -0.2) is 5.43 Å². The number of hydrogen-bond donors (Lipinski definition) is 2. The molecule has 3 aromatic rings. The van der Waals surface area contributed by atoms with Crippen molar-refractivity contribution in [2.24, 2.45) is 5.10 Å². The van der Waals surface area contributed by atoms with Crippen LogP contribution in [0.3, 0.4) is 0 Å². The second-order valence-electron chi connectivity index (χ2n) is 5.97. The number of hydrogen-bond acceptors (Lipinski definition) is 3. The minimum absolute atomic E-state index is 0.225. The molecule has 0 aliphatic rings. The van der Waals surface area contributed by atoms with Crippen LogP contribution in [-0.4, -0.2) is 17.1 Å². The summed E-state index contributed by atoms with van der Waals surface area (Å²) >= 11 is 0. The smallest absolute Gasteiger partial charge is 0.288 e. The summed E-state index contributed by atoms with van der Waals surface area (Å²) in [6.45, 7) is 6.17. The van der Waals surface area contributed by atoms with E-state index in [2.05, 4.69) is 29.4 Å². The zero-order valence-electron chi connectivity index (χ0n) is 14.1. The molecule has 0 aliphatic heterocycles. The summed E-state index contributed by atoms with van der Waals surface area (Å²) in [5, 5.41) is 5.07. The van der Waals surface area contributed by atoms with Gasteiger partial charge in [0.2, 0.25) is 0 Å². The molecule has 0 radical (unpaired) electrons. The minimum atomic E-state index is -0.256. The van der Waals surface area contributed by atoms with Gasteiger partial charge in [-0.3, -0.25) is 4.79 Å². The number of amides is 1. The monoisotopic (exact) mass is 323 g/mol. The fourth-order valence-corrected chi connectivity index (χ4v) is 2.81. The number of carbonyl (C=O) groups is 1. The Morgan fingerprint density at radius 3 is 2.79 bits per heavy atom. The fraction of sp³-hybridized carbons (Fsp3) is 0.263. The van der Waals surface area contributed by atoms with Crippen LogP contribution in [0, 0.1) is 0 Å². The van der Waals surface area contributed by atoms with Gasteiger partial charge in [-0.05, 0) is 29.7 Å². The first-order valence-electron chi connectivity index (χ1n) is 8.12. The van der Waals surface area contributed by atoms with Crippen molar-refractivity contribution in [3.8, 4) is 0 Å². The van der Waals surface area contributed by atoms with Crippen LogP contribution in [0.5, 0.6) is 0 Å². The van der Waals surface area contributed by atoms with Gasteiger partial charge in [0.1, 0.15) is 17.2 Å². The number of H-pyrrole nitrogens is 1. The molecule has 0 unspecified atom stereocenters. The Hall–Kier alpha value is -2.82. The molecule has 2 aromatic heterocycles. The highest BCUT2D eigenvalue weighted by Crippen LogP contribution is 2.28. The van der Waals surface area contributed by atoms with E-state index in [0.29, 0.717) is 11.5 Å². The van der Waals surface area contributed by atoms with Gasteiger partial charge < -0.3 is 9.40 Å². The van der Waals surface area contributed by atoms with Crippen molar-refractivity contribution in [3.05, 3.63) is 59.2 Å². The number of carbonyl (C=O) groups excluding carboxylic acids is 1. The lowest BCUT2D eigenvalue weighted by atomic mass is 9.99. The highest BCUT2D eigenvalue weighted by molar-refractivity contribution is 6.01. The summed E-state index contributed by atoms with van der Waals surface area (Å²) in [5.74, 6) is 1.48. The topological polar surface area (TPSA) is 70.4 Å². The standard InChI is InChI=1S/C19H21N3O2/c1-4-13-9-10-14(24-13)11-20-22-19(23)18-17(12(2)3)15-7-5-6-8-16(15)21-18/h5-12,21H,4H2,1-3H3,(H,22,23)/b20-11+. The van der Waals surface area contributed by atoms with E-state index < -0.39 is 0 Å². The van der Waals surface area contributed by atoms with E-state index in [1.165, 1.54) is 6.21 Å². The van der Waals surface area contributed by atoms with Crippen molar-refractivity contribution < 1.29 is 9.21 Å². The first-order valence-corrected chi connectivity index (χ1v) is 8.12. The molecule has 2 heterocycles. The summed E-state index contributed by atoms with van der Waals surface area (Å²) in [6.07, 6.45) is 2.34. The van der Waals surface area contributed by atoms with Gasteiger partial charge in [0.25, 0.3) is 5.91 Å². The third-order valence-electron chi connectivity index (χ3n) is 3.94. The maximum atomic E-state index is 12.5. The van der Waals surface area contributed by atoms with Crippen LogP contribution >= 0.6 is 0 Å². The SMILES string of the molecule is CCc1ccc(/C=N/NC(=O)c2[nH]c3ccccc3c2C(C)C)o1. The van der Waals surface area contributed by atoms with Gasteiger partial charge >= 0.3 is 0 Å². The largest absolute Gasteiger partial charge is 0.460 e. The zero-order chi connectivity index (χ0) is 17.1. The van der Waals surface area contributed by atoms with Crippen LogP contribution in [0.4, 0.5) is 0 Å². The molecule has 124 valence electrons. The molecule has 1 amide bonds. The van der Waals surface area contributed by atoms with Gasteiger partial charge in [-0.15, -0.1) is 0 Å². The molecule has 0 fully saturated rings. The fourth-order valence-electron chi connectivity index (χ4n) is 2.81. The number of nitrogens with one attached hydrogen (secondary N) is 2. The maximum Gasteiger partial charge on any atom is 0.288 e. The molecule has 0 saturated heterocycles. The molecular weight excluding hydrogens is 302 g/mol. The minimum Gasteiger partial charge on any atom is -0.460 e. The predicted octanol–water partition coefficient (Wildman–Crippen LogP) is 4.21. The van der Waals surface area contributed by atoms with E-state index in [1.54, 1.807) is 0 Å². The van der Waals surface area contributed by atoms with Crippen LogP contribution in [0.25, 0.3) is 10.9 Å². The van der Waals surface area contributed by atoms with Crippen LogP contribution in [0.2, 0.25) is 0 Å². The first-order chi connectivity index (χ1) is 11.6. The van der Waals surface area contributed by atoms with Gasteiger partial charge in [0.15, 0.2) is 0 Å². The summed E-state index contributed by atoms with van der Waals surface area (Å²) in [6, 6.07) is 11.6. The number of benzene rings is 1. The van der Waals surface area contributed by atoms with Gasteiger partial charge in [0, 0.05) is 17.3 Å². The molecule has 1 aromatic carbocycles. The number of furan rings is 1. The number of aryl methyl sites for hydroxylation is 1. The van der Waals surface area contributed by atoms with Crippen LogP contribution in [-0.2, 0) is 6.42 Å². The quantitative estimate of drug-likeness (QED) is 0.545. The van der Waals surface area contributed by atoms with Crippen LogP contribution in [0.1, 0.15) is 54.3 Å². The Morgan fingerprint density at radius 1 is 1.29 bits per heavy atom. The molecular formula is C19H21N3O2. The van der Waals surface area contributed by atoms with Gasteiger partial charge in [-0.2, -0.15) is 5.10 Å². The number of rotatable bonds is 5. The number of aromatic nitrogens is 1. The van der Waals surface area contributed by atoms with Crippen LogP contribution < -0.4 is 5.43 Å². The van der Waals surface area contributed by atoms with Crippen molar-refractivity contribution >= 4 is 23.0 Å². The number of aromatic amines is 1. The van der Waals surface area contributed by atoms with E-state index in [-0.39, 0.29) is 11.8 Å². The maximum absolute atomic E-state index is 12.5. The lowest BCUT2D eigenvalue weighted by molar-refractivity contribution is 0.0949. The van der Waals surface area contributed by atoms with E-state index in [0.717, 1.165) is 28.6 Å². The molecule has 3 rings (SSSR count). The lowest BCUT2D eigenvalue weighted by Gasteiger charge is -2.06. The zero-order valence-corrected chi connectivity index (χ0v) is 14.1. The number of hydrazone groups is 1. The molecule has 0 aliphatic carbocycles. The van der Waals surface area contributed by atoms with E-state index in [4.69, 9.17) is 4.42 Å². The summed E-state index contributed by atoms with van der Waals surface area (Å²) in [5.41, 5.74) is 5.08. The highest BCUT2D eigenvalue weighted by Gasteiger charge is 2.19. The summed E-state index contributed by atoms with van der Waals surface area (Å²) in [7, 11) is 0. The second-order valence-corrected chi connectivity index (χ2v) is 5.97. The van der Waals surface area contributed by atoms with Crippen molar-refractivity contribution in [2.75, 3.05) is 0 Å². The molecule has 5 heteroatoms. The third kappa shape index (κ3) is 3.11. The molecule has 24 heavy (non-hydrogen) atoms. The second kappa shape index (κ2) is 6.74. The van der Waals surface area contributed by atoms with Crippen molar-refractivity contribution in [1.29, 1.82) is 0 Å². The Balaban J connectivity index is 1.82. The Kier molecular flexibility index (Phi) is 4.51.